The van der Waals surface area contributed by atoms with Crippen molar-refractivity contribution in [3.05, 3.63) is 10.4 Å². The lowest BCUT2D eigenvalue weighted by atomic mass is 9.96. The number of hydrogen-bond donors (Lipinski definition) is 2. The predicted octanol–water partition coefficient (Wildman–Crippen LogP) is 0.208. The smallest absolute Gasteiger partial charge is 0.404 e. The van der Waals surface area contributed by atoms with Crippen molar-refractivity contribution >= 4 is 12.0 Å². The lowest BCUT2D eigenvalue weighted by Crippen LogP contribution is -2.63. The number of ether oxygens (including phenoxy) is 8. The number of primary amides is 1. The Labute approximate surface area is 203 Å². The van der Waals surface area contributed by atoms with Crippen molar-refractivity contribution in [2.24, 2.45) is 10.8 Å². The fraction of sp³-hybridized carbons (Fsp3) is 0.900. The van der Waals surface area contributed by atoms with Crippen LogP contribution in [-0.4, -0.2) is 108 Å². The van der Waals surface area contributed by atoms with Crippen molar-refractivity contribution in [2.45, 2.75) is 57.2 Å². The van der Waals surface area contributed by atoms with E-state index in [2.05, 4.69) is 20.1 Å². The van der Waals surface area contributed by atoms with Gasteiger partial charge in [-0.15, -0.1) is 0 Å². The number of nitrogens with two attached hydrogens (primary N) is 1. The highest BCUT2D eigenvalue weighted by Crippen LogP contribution is 2.38. The molecule has 0 spiro atoms. The van der Waals surface area contributed by atoms with Crippen LogP contribution in [0.4, 0.5) is 4.79 Å². The van der Waals surface area contributed by atoms with E-state index in [0.29, 0.717) is 26.4 Å². The third-order valence-electron chi connectivity index (χ3n) is 4.91. The van der Waals surface area contributed by atoms with Crippen molar-refractivity contribution in [1.29, 1.82) is 0 Å². The largest absolute Gasteiger partial charge is 0.447 e. The van der Waals surface area contributed by atoms with Gasteiger partial charge in [-0.1, -0.05) is 5.11 Å². The lowest BCUT2D eigenvalue weighted by Gasteiger charge is -2.41. The number of carbonyl (C=O) groups is 2. The number of carbonyl (C=O) groups excluding carboxylic acids is 2. The molecule has 0 saturated carbocycles. The third kappa shape index (κ3) is 10.5. The van der Waals surface area contributed by atoms with Gasteiger partial charge in [-0.2, -0.15) is 0 Å². The molecule has 15 heteroatoms. The number of amides is 2. The van der Waals surface area contributed by atoms with Crippen LogP contribution in [0.25, 0.3) is 10.4 Å². The summed E-state index contributed by atoms with van der Waals surface area (Å²) in [6.45, 7) is 7.11. The molecule has 2 amide bonds. The average molecular weight is 506 g/mol. The van der Waals surface area contributed by atoms with Gasteiger partial charge in [-0.25, -0.2) is 4.79 Å². The Bertz CT molecular complexity index is 720. The van der Waals surface area contributed by atoms with Gasteiger partial charge < -0.3 is 48.9 Å². The van der Waals surface area contributed by atoms with Crippen molar-refractivity contribution in [3.63, 3.8) is 0 Å². The molecule has 0 bridgehead atoms. The van der Waals surface area contributed by atoms with Crippen molar-refractivity contribution in [3.8, 4) is 0 Å². The molecule has 1 unspecified atom stereocenters. The first-order valence-electron chi connectivity index (χ1n) is 11.3. The van der Waals surface area contributed by atoms with Gasteiger partial charge in [0, 0.05) is 11.8 Å². The predicted molar refractivity (Wildman–Crippen MR) is 118 cm³/mol. The van der Waals surface area contributed by atoms with Crippen molar-refractivity contribution in [2.75, 3.05) is 59.4 Å². The molecule has 0 aromatic heterocycles. The minimum absolute atomic E-state index is 0.0273. The summed E-state index contributed by atoms with van der Waals surface area (Å²) in [4.78, 5) is 25.0. The molecule has 2 rings (SSSR count). The van der Waals surface area contributed by atoms with Gasteiger partial charge in [0.2, 0.25) is 5.91 Å². The number of fused-ring (bicyclic) bond motifs is 1. The van der Waals surface area contributed by atoms with E-state index in [4.69, 9.17) is 44.4 Å². The first kappa shape index (κ1) is 29.0. The molecule has 0 aromatic carbocycles. The molecule has 2 aliphatic rings. The maximum atomic E-state index is 11.8. The second-order valence-corrected chi connectivity index (χ2v) is 8.12. The number of nitrogens with zero attached hydrogens (tertiary/aromatic N) is 3. The number of azide groups is 1. The molecule has 3 N–H and O–H groups in total. The summed E-state index contributed by atoms with van der Waals surface area (Å²) < 4.78 is 44.4. The first-order valence-corrected chi connectivity index (χ1v) is 11.3. The fourth-order valence-electron chi connectivity index (χ4n) is 3.63. The minimum atomic E-state index is -0.898. The Kier molecular flexibility index (Phi) is 12.4. The van der Waals surface area contributed by atoms with Crippen molar-refractivity contribution < 1.29 is 47.5 Å². The molecule has 35 heavy (non-hydrogen) atoms. The van der Waals surface area contributed by atoms with E-state index in [1.165, 1.54) is 6.92 Å². The highest BCUT2D eigenvalue weighted by molar-refractivity contribution is 5.73. The summed E-state index contributed by atoms with van der Waals surface area (Å²) in [5.74, 6) is -1.17. The van der Waals surface area contributed by atoms with Crippen LogP contribution in [0.1, 0.15) is 20.8 Å². The van der Waals surface area contributed by atoms with E-state index in [1.54, 1.807) is 13.8 Å². The summed E-state index contributed by atoms with van der Waals surface area (Å²) in [5.41, 5.74) is 13.5. The zero-order valence-electron chi connectivity index (χ0n) is 20.3. The van der Waals surface area contributed by atoms with Gasteiger partial charge in [0.15, 0.2) is 12.1 Å². The second kappa shape index (κ2) is 15.0. The van der Waals surface area contributed by atoms with Gasteiger partial charge in [0.1, 0.15) is 24.9 Å². The lowest BCUT2D eigenvalue weighted by molar-refractivity contribution is -0.244. The first-order chi connectivity index (χ1) is 16.7. The molecule has 0 aromatic rings. The molecule has 0 radical (unpaired) electrons. The zero-order valence-corrected chi connectivity index (χ0v) is 20.3. The molecule has 200 valence electrons. The van der Waals surface area contributed by atoms with E-state index < -0.39 is 42.5 Å². The summed E-state index contributed by atoms with van der Waals surface area (Å²) in [6, 6.07) is -0.627. The second-order valence-electron chi connectivity index (χ2n) is 8.12. The molecule has 2 heterocycles. The molecule has 2 fully saturated rings. The molecular formula is C20H35N5O10. The maximum absolute atomic E-state index is 11.8. The summed E-state index contributed by atoms with van der Waals surface area (Å²) in [7, 11) is 0. The van der Waals surface area contributed by atoms with Crippen LogP contribution in [-0.2, 0) is 42.7 Å². The Balaban J connectivity index is 1.70. The Morgan fingerprint density at radius 3 is 2.14 bits per heavy atom. The molecule has 5 atom stereocenters. The summed E-state index contributed by atoms with van der Waals surface area (Å²) in [6.07, 6.45) is -3.39. The van der Waals surface area contributed by atoms with E-state index >= 15 is 0 Å². The normalized spacial score (nSPS) is 27.0. The highest BCUT2D eigenvalue weighted by Gasteiger charge is 2.55. The van der Waals surface area contributed by atoms with Gasteiger partial charge in [-0.05, 0) is 19.4 Å². The average Bonchev–Trinajstić information content (AvgIpc) is 3.12. The van der Waals surface area contributed by atoms with Gasteiger partial charge in [0.25, 0.3) is 0 Å². The SMILES string of the molecule is CC(=O)N[C@H]1C(OCCOCCOCCOCCOC(N)=O)O[C@H](CN=[N+]=[N-])[C@@H]2OC(C)(C)O[C@@H]21. The summed E-state index contributed by atoms with van der Waals surface area (Å²) in [5, 5.41) is 6.42. The van der Waals surface area contributed by atoms with Crippen LogP contribution in [0.2, 0.25) is 0 Å². The number of nitrogens with one attached hydrogen (secondary N) is 1. The fourth-order valence-corrected chi connectivity index (χ4v) is 3.63. The highest BCUT2D eigenvalue weighted by atomic mass is 16.8. The summed E-state index contributed by atoms with van der Waals surface area (Å²) >= 11 is 0. The monoisotopic (exact) mass is 505 g/mol. The van der Waals surface area contributed by atoms with Crippen molar-refractivity contribution in [1.82, 2.24) is 5.32 Å². The van der Waals surface area contributed by atoms with Crippen LogP contribution in [0.5, 0.6) is 0 Å². The van der Waals surface area contributed by atoms with E-state index in [0.717, 1.165) is 0 Å². The van der Waals surface area contributed by atoms with E-state index in [9.17, 15) is 9.59 Å². The van der Waals surface area contributed by atoms with Gasteiger partial charge in [0.05, 0.1) is 58.9 Å². The third-order valence-corrected chi connectivity index (χ3v) is 4.91. The molecule has 2 saturated heterocycles. The Morgan fingerprint density at radius 1 is 1.00 bits per heavy atom. The Hall–Kier alpha value is -2.23. The molecule has 15 nitrogen and oxygen atoms in total. The van der Waals surface area contributed by atoms with E-state index in [1.807, 2.05) is 0 Å². The minimum Gasteiger partial charge on any atom is -0.447 e. The number of hydrogen-bond acceptors (Lipinski definition) is 11. The van der Waals surface area contributed by atoms with Crippen LogP contribution in [0, 0.1) is 0 Å². The molecule has 2 aliphatic heterocycles. The van der Waals surface area contributed by atoms with Gasteiger partial charge in [-0.3, -0.25) is 4.79 Å². The van der Waals surface area contributed by atoms with Crippen LogP contribution >= 0.6 is 0 Å². The maximum Gasteiger partial charge on any atom is 0.404 e. The van der Waals surface area contributed by atoms with Gasteiger partial charge >= 0.3 is 6.09 Å². The van der Waals surface area contributed by atoms with Crippen LogP contribution in [0.3, 0.4) is 0 Å². The van der Waals surface area contributed by atoms with E-state index in [-0.39, 0.29) is 38.9 Å². The van der Waals surface area contributed by atoms with Crippen LogP contribution in [0.15, 0.2) is 5.11 Å². The Morgan fingerprint density at radius 2 is 1.57 bits per heavy atom. The quantitative estimate of drug-likeness (QED) is 0.127. The van der Waals surface area contributed by atoms with Crippen LogP contribution < -0.4 is 11.1 Å². The molecule has 0 aliphatic carbocycles. The topological polar surface area (TPSA) is 195 Å². The zero-order chi connectivity index (χ0) is 25.7. The number of rotatable bonds is 16. The molecular weight excluding hydrogens is 470 g/mol. The standard InChI is InChI=1S/C20H35N5O10/c1-13(26)24-15-17-16(34-20(2,3)35-17)14(12-23-25-22)33-18(15)31-10-8-29-6-4-28-5-7-30-9-11-32-19(21)27/h14-18H,4-12H2,1-3H3,(H2,21,27)(H,24,26)/t14-,15-,16+,17-,18?/m1/s1.